The maximum Gasteiger partial charge on any atom is 0.337 e. The molecule has 0 saturated heterocycles. The first-order valence-corrected chi connectivity index (χ1v) is 8.49. The van der Waals surface area contributed by atoms with Gasteiger partial charge in [-0.15, -0.1) is 5.10 Å². The summed E-state index contributed by atoms with van der Waals surface area (Å²) in [4.78, 5) is 20.4. The smallest absolute Gasteiger partial charge is 0.337 e. The highest BCUT2D eigenvalue weighted by atomic mass is 16.5. The summed E-state index contributed by atoms with van der Waals surface area (Å²) in [6.07, 6.45) is 3.57. The van der Waals surface area contributed by atoms with E-state index in [0.717, 1.165) is 16.8 Å². The number of benzene rings is 1. The average Bonchev–Trinajstić information content (AvgIpc) is 3.16. The highest BCUT2D eigenvalue weighted by Gasteiger charge is 2.11. The quantitative estimate of drug-likeness (QED) is 0.535. The van der Waals surface area contributed by atoms with Gasteiger partial charge < -0.3 is 14.8 Å². The molecule has 0 bridgehead atoms. The minimum Gasteiger partial charge on any atom is -0.481 e. The lowest BCUT2D eigenvalue weighted by Gasteiger charge is -2.03. The molecule has 0 radical (unpaired) electrons. The van der Waals surface area contributed by atoms with Crippen molar-refractivity contribution in [3.63, 3.8) is 0 Å². The summed E-state index contributed by atoms with van der Waals surface area (Å²) in [5.74, 6) is 0.616. The van der Waals surface area contributed by atoms with Crippen molar-refractivity contribution < 1.29 is 14.3 Å². The monoisotopic (exact) mass is 375 g/mol. The number of esters is 1. The number of hydrogen-bond donors (Lipinski definition) is 1. The van der Waals surface area contributed by atoms with Crippen LogP contribution in [0.4, 0.5) is 11.6 Å². The van der Waals surface area contributed by atoms with E-state index in [2.05, 4.69) is 20.4 Å². The summed E-state index contributed by atoms with van der Waals surface area (Å²) in [7, 11) is 2.93. The molecule has 4 rings (SSSR count). The van der Waals surface area contributed by atoms with E-state index in [1.165, 1.54) is 7.11 Å². The Balaban J connectivity index is 1.63. The number of anilines is 2. The number of aromatic nitrogens is 4. The van der Waals surface area contributed by atoms with Crippen LogP contribution in [0.25, 0.3) is 16.8 Å². The number of nitrogens with one attached hydrogen (secondary N) is 1. The fourth-order valence-corrected chi connectivity index (χ4v) is 2.78. The molecule has 3 heterocycles. The van der Waals surface area contributed by atoms with E-state index in [-0.39, 0.29) is 5.97 Å². The summed E-state index contributed by atoms with van der Waals surface area (Å²) >= 11 is 0. The zero-order valence-electron chi connectivity index (χ0n) is 15.3. The molecular formula is C20H17N5O3. The second-order valence-corrected chi connectivity index (χ2v) is 5.91. The third-order valence-corrected chi connectivity index (χ3v) is 4.18. The molecule has 1 aromatic carbocycles. The average molecular weight is 375 g/mol. The highest BCUT2D eigenvalue weighted by molar-refractivity contribution is 5.89. The van der Waals surface area contributed by atoms with Gasteiger partial charge in [0.05, 0.1) is 19.8 Å². The minimum absolute atomic E-state index is 0.379. The van der Waals surface area contributed by atoms with E-state index in [4.69, 9.17) is 9.47 Å². The van der Waals surface area contributed by atoms with Gasteiger partial charge in [0.1, 0.15) is 0 Å². The molecule has 8 nitrogen and oxygen atoms in total. The van der Waals surface area contributed by atoms with Crippen LogP contribution in [-0.2, 0) is 4.74 Å². The molecular weight excluding hydrogens is 358 g/mol. The second kappa shape index (κ2) is 7.36. The molecule has 0 fully saturated rings. The normalized spacial score (nSPS) is 10.6. The molecule has 0 saturated carbocycles. The molecule has 1 N–H and O–H groups in total. The van der Waals surface area contributed by atoms with Crippen LogP contribution in [0.5, 0.6) is 5.88 Å². The first-order chi connectivity index (χ1) is 13.7. The summed E-state index contributed by atoms with van der Waals surface area (Å²) in [6, 6.07) is 14.5. The van der Waals surface area contributed by atoms with Gasteiger partial charge in [0.2, 0.25) is 11.8 Å². The number of pyridine rings is 2. The predicted molar refractivity (Wildman–Crippen MR) is 104 cm³/mol. The number of fused-ring (bicyclic) bond motifs is 1. The largest absolute Gasteiger partial charge is 0.481 e. The van der Waals surface area contributed by atoms with Gasteiger partial charge in [-0.25, -0.2) is 14.3 Å². The predicted octanol–water partition coefficient (Wildman–Crippen LogP) is 3.33. The lowest BCUT2D eigenvalue weighted by atomic mass is 10.1. The number of ether oxygens (including phenoxy) is 2. The Morgan fingerprint density at radius 3 is 2.57 bits per heavy atom. The summed E-state index contributed by atoms with van der Waals surface area (Å²) in [6.45, 7) is 0. The Bertz CT molecular complexity index is 1120. The molecule has 0 spiro atoms. The van der Waals surface area contributed by atoms with Gasteiger partial charge in [0.15, 0.2) is 5.65 Å². The van der Waals surface area contributed by atoms with E-state index in [9.17, 15) is 4.79 Å². The van der Waals surface area contributed by atoms with Crippen LogP contribution in [0, 0.1) is 0 Å². The number of carbonyl (C=O) groups excluding carboxylic acids is 1. The standard InChI is InChI=1S/C20H17N5O3/c1-27-17-10-7-14(12-21-17)16-4-3-11-25-18(16)23-20(24-25)22-15-8-5-13(6-9-15)19(26)28-2/h3-12H,1-2H3,(H,22,24). The van der Waals surface area contributed by atoms with Crippen LogP contribution in [0.3, 0.4) is 0 Å². The van der Waals surface area contributed by atoms with Crippen molar-refractivity contribution in [2.75, 3.05) is 19.5 Å². The minimum atomic E-state index is -0.379. The first-order valence-electron chi connectivity index (χ1n) is 8.49. The lowest BCUT2D eigenvalue weighted by molar-refractivity contribution is 0.0601. The van der Waals surface area contributed by atoms with Crippen molar-refractivity contribution in [3.05, 3.63) is 66.5 Å². The van der Waals surface area contributed by atoms with Crippen LogP contribution in [0.15, 0.2) is 60.9 Å². The summed E-state index contributed by atoms with van der Waals surface area (Å²) < 4.78 is 11.5. The van der Waals surface area contributed by atoms with Crippen molar-refractivity contribution in [2.45, 2.75) is 0 Å². The molecule has 0 aliphatic heterocycles. The van der Waals surface area contributed by atoms with Crippen LogP contribution in [-0.4, -0.2) is 39.8 Å². The maximum absolute atomic E-state index is 11.5. The summed E-state index contributed by atoms with van der Waals surface area (Å²) in [5.41, 5.74) is 3.75. The van der Waals surface area contributed by atoms with Crippen molar-refractivity contribution in [1.82, 2.24) is 19.6 Å². The van der Waals surface area contributed by atoms with Crippen LogP contribution in [0.1, 0.15) is 10.4 Å². The fourth-order valence-electron chi connectivity index (χ4n) is 2.78. The second-order valence-electron chi connectivity index (χ2n) is 5.91. The molecule has 3 aromatic heterocycles. The molecule has 4 aromatic rings. The van der Waals surface area contributed by atoms with Gasteiger partial charge in [-0.05, 0) is 42.5 Å². The SMILES string of the molecule is COC(=O)c1ccc(Nc2nc3c(-c4ccc(OC)nc4)cccn3n2)cc1. The number of hydrogen-bond acceptors (Lipinski definition) is 7. The third kappa shape index (κ3) is 3.35. The van der Waals surface area contributed by atoms with E-state index < -0.39 is 0 Å². The van der Waals surface area contributed by atoms with Crippen LogP contribution < -0.4 is 10.1 Å². The molecule has 0 unspecified atom stereocenters. The number of methoxy groups -OCH3 is 2. The third-order valence-electron chi connectivity index (χ3n) is 4.18. The molecule has 0 amide bonds. The topological polar surface area (TPSA) is 90.6 Å². The van der Waals surface area contributed by atoms with Crippen LogP contribution in [0.2, 0.25) is 0 Å². The molecule has 8 heteroatoms. The summed E-state index contributed by atoms with van der Waals surface area (Å²) in [5, 5.41) is 7.60. The molecule has 0 aliphatic carbocycles. The molecule has 140 valence electrons. The number of carbonyl (C=O) groups is 1. The van der Waals surface area contributed by atoms with E-state index in [1.54, 1.807) is 48.2 Å². The van der Waals surface area contributed by atoms with Gasteiger partial charge in [0, 0.05) is 35.3 Å². The van der Waals surface area contributed by atoms with Gasteiger partial charge >= 0.3 is 5.97 Å². The molecule has 28 heavy (non-hydrogen) atoms. The van der Waals surface area contributed by atoms with Crippen molar-refractivity contribution in [3.8, 4) is 17.0 Å². The zero-order valence-corrected chi connectivity index (χ0v) is 15.3. The van der Waals surface area contributed by atoms with E-state index in [0.29, 0.717) is 23.0 Å². The zero-order chi connectivity index (χ0) is 19.5. The Hall–Kier alpha value is -3.94. The first kappa shape index (κ1) is 17.5. The van der Waals surface area contributed by atoms with E-state index >= 15 is 0 Å². The molecule has 0 aliphatic rings. The van der Waals surface area contributed by atoms with Crippen molar-refractivity contribution >= 4 is 23.3 Å². The number of rotatable bonds is 5. The Labute approximate surface area is 160 Å². The Morgan fingerprint density at radius 1 is 1.07 bits per heavy atom. The Kier molecular flexibility index (Phi) is 4.59. The van der Waals surface area contributed by atoms with Gasteiger partial charge in [-0.3, -0.25) is 0 Å². The van der Waals surface area contributed by atoms with Crippen molar-refractivity contribution in [1.29, 1.82) is 0 Å². The lowest BCUT2D eigenvalue weighted by Crippen LogP contribution is -2.01. The van der Waals surface area contributed by atoms with Crippen LogP contribution >= 0.6 is 0 Å². The highest BCUT2D eigenvalue weighted by Crippen LogP contribution is 2.25. The van der Waals surface area contributed by atoms with Gasteiger partial charge in [0.25, 0.3) is 0 Å². The van der Waals surface area contributed by atoms with E-state index in [1.807, 2.05) is 24.4 Å². The Morgan fingerprint density at radius 2 is 1.89 bits per heavy atom. The fraction of sp³-hybridized carbons (Fsp3) is 0.100. The maximum atomic E-state index is 11.5. The molecule has 0 atom stereocenters. The van der Waals surface area contributed by atoms with Crippen molar-refractivity contribution in [2.24, 2.45) is 0 Å². The van der Waals surface area contributed by atoms with Gasteiger partial charge in [-0.1, -0.05) is 0 Å². The number of nitrogens with zero attached hydrogens (tertiary/aromatic N) is 4. The van der Waals surface area contributed by atoms with Gasteiger partial charge in [-0.2, -0.15) is 4.98 Å².